The van der Waals surface area contributed by atoms with Gasteiger partial charge in [-0.2, -0.15) is 0 Å². The van der Waals surface area contributed by atoms with Crippen molar-refractivity contribution in [1.82, 2.24) is 0 Å². The number of hydrogen-bond acceptors (Lipinski definition) is 0. The molecule has 0 radical (unpaired) electrons. The van der Waals surface area contributed by atoms with E-state index in [0.717, 1.165) is 0 Å². The van der Waals surface area contributed by atoms with Gasteiger partial charge in [-0.3, -0.25) is 0 Å². The molecule has 0 aromatic rings. The van der Waals surface area contributed by atoms with Crippen LogP contribution in [0.5, 0.6) is 0 Å². The molecule has 0 bridgehead atoms. The van der Waals surface area contributed by atoms with Gasteiger partial charge in [0, 0.05) is 0 Å². The average molecular weight is 194 g/mol. The molecular formula is C14H26. The van der Waals surface area contributed by atoms with Gasteiger partial charge in [-0.05, 0) is 31.9 Å². The van der Waals surface area contributed by atoms with Crippen LogP contribution >= 0.6 is 0 Å². The van der Waals surface area contributed by atoms with Crippen LogP contribution < -0.4 is 0 Å². The first-order valence-electron chi connectivity index (χ1n) is 6.27. The molecule has 0 aliphatic heterocycles. The van der Waals surface area contributed by atoms with Gasteiger partial charge in [0.05, 0.1) is 0 Å². The van der Waals surface area contributed by atoms with E-state index in [1.165, 1.54) is 57.8 Å². The highest BCUT2D eigenvalue weighted by atomic mass is 14.0. The average Bonchev–Trinajstić information content (AvgIpc) is 2.21. The standard InChI is InChI=1S/C14H26/c1-3-5-7-9-11-13-14-12-10-8-6-4-2/h3,7H,4,6,8-14H2,1-2H3. The van der Waals surface area contributed by atoms with E-state index in [4.69, 9.17) is 0 Å². The molecule has 14 heavy (non-hydrogen) atoms. The molecule has 0 N–H and O–H groups in total. The highest BCUT2D eigenvalue weighted by Crippen LogP contribution is 2.09. The summed E-state index contributed by atoms with van der Waals surface area (Å²) < 4.78 is 0. The van der Waals surface area contributed by atoms with Crippen LogP contribution in [0, 0.1) is 0 Å². The smallest absolute Gasteiger partial charge is 0.0274 e. The lowest BCUT2D eigenvalue weighted by Crippen LogP contribution is -1.79. The van der Waals surface area contributed by atoms with E-state index in [2.05, 4.69) is 18.7 Å². The lowest BCUT2D eigenvalue weighted by molar-refractivity contribution is 0.577. The molecule has 0 saturated carbocycles. The van der Waals surface area contributed by atoms with E-state index in [1.807, 2.05) is 13.0 Å². The lowest BCUT2D eigenvalue weighted by atomic mass is 10.1. The molecule has 0 aromatic carbocycles. The Balaban J connectivity index is 2.95. The van der Waals surface area contributed by atoms with Crippen molar-refractivity contribution in [2.45, 2.75) is 71.6 Å². The van der Waals surface area contributed by atoms with E-state index < -0.39 is 0 Å². The SMILES string of the molecule is CC=C=CCCCCCCCCCC. The minimum absolute atomic E-state index is 1.21. The molecule has 0 unspecified atom stereocenters. The summed E-state index contributed by atoms with van der Waals surface area (Å²) in [4.78, 5) is 0. The summed E-state index contributed by atoms with van der Waals surface area (Å²) in [5.41, 5.74) is 3.12. The zero-order chi connectivity index (χ0) is 10.5. The summed E-state index contributed by atoms with van der Waals surface area (Å²) in [5.74, 6) is 0. The van der Waals surface area contributed by atoms with Gasteiger partial charge in [0.25, 0.3) is 0 Å². The molecule has 0 aliphatic carbocycles. The quantitative estimate of drug-likeness (QED) is 0.347. The van der Waals surface area contributed by atoms with Crippen LogP contribution in [0.4, 0.5) is 0 Å². The van der Waals surface area contributed by atoms with Gasteiger partial charge in [0.1, 0.15) is 0 Å². The van der Waals surface area contributed by atoms with Crippen molar-refractivity contribution >= 4 is 0 Å². The van der Waals surface area contributed by atoms with Crippen LogP contribution in [0.1, 0.15) is 71.6 Å². The Labute approximate surface area is 90.1 Å². The second-order valence-corrected chi connectivity index (χ2v) is 3.92. The van der Waals surface area contributed by atoms with Crippen molar-refractivity contribution in [1.29, 1.82) is 0 Å². The fourth-order valence-electron chi connectivity index (χ4n) is 1.58. The Morgan fingerprint density at radius 3 is 2.00 bits per heavy atom. The first-order chi connectivity index (χ1) is 6.91. The van der Waals surface area contributed by atoms with E-state index in [-0.39, 0.29) is 0 Å². The van der Waals surface area contributed by atoms with Gasteiger partial charge in [-0.1, -0.05) is 51.9 Å². The van der Waals surface area contributed by atoms with E-state index in [9.17, 15) is 0 Å². The van der Waals surface area contributed by atoms with Gasteiger partial charge >= 0.3 is 0 Å². The molecule has 0 amide bonds. The molecule has 0 atom stereocenters. The molecule has 0 fully saturated rings. The minimum atomic E-state index is 1.21. The number of allylic oxidation sites excluding steroid dienone is 1. The maximum atomic E-state index is 3.12. The van der Waals surface area contributed by atoms with Crippen LogP contribution in [0.3, 0.4) is 0 Å². The molecule has 0 rings (SSSR count). The Morgan fingerprint density at radius 1 is 0.857 bits per heavy atom. The monoisotopic (exact) mass is 194 g/mol. The molecule has 0 heteroatoms. The van der Waals surface area contributed by atoms with Crippen LogP contribution in [-0.4, -0.2) is 0 Å². The molecule has 82 valence electrons. The molecule has 0 nitrogen and oxygen atoms in total. The molecule has 0 aliphatic rings. The third-order valence-electron chi connectivity index (χ3n) is 2.49. The normalized spacial score (nSPS) is 9.57. The van der Waals surface area contributed by atoms with Gasteiger partial charge in [0.2, 0.25) is 0 Å². The fourth-order valence-corrected chi connectivity index (χ4v) is 1.58. The molecule has 0 heterocycles. The zero-order valence-corrected chi connectivity index (χ0v) is 10.0. The van der Waals surface area contributed by atoms with Gasteiger partial charge in [0.15, 0.2) is 0 Å². The van der Waals surface area contributed by atoms with E-state index >= 15 is 0 Å². The Morgan fingerprint density at radius 2 is 1.43 bits per heavy atom. The van der Waals surface area contributed by atoms with Gasteiger partial charge in [-0.25, -0.2) is 0 Å². The van der Waals surface area contributed by atoms with Crippen LogP contribution in [-0.2, 0) is 0 Å². The van der Waals surface area contributed by atoms with E-state index in [0.29, 0.717) is 0 Å². The van der Waals surface area contributed by atoms with Crippen molar-refractivity contribution in [2.24, 2.45) is 0 Å². The predicted octanol–water partition coefficient (Wildman–Crippen LogP) is 5.25. The first-order valence-corrected chi connectivity index (χ1v) is 6.27. The summed E-state index contributed by atoms with van der Waals surface area (Å²) in [6.07, 6.45) is 16.6. The van der Waals surface area contributed by atoms with Crippen molar-refractivity contribution < 1.29 is 0 Å². The molecular weight excluding hydrogens is 168 g/mol. The number of unbranched alkanes of at least 4 members (excludes halogenated alkanes) is 8. The molecule has 0 spiro atoms. The van der Waals surface area contributed by atoms with Crippen LogP contribution in [0.25, 0.3) is 0 Å². The first kappa shape index (κ1) is 13.5. The second kappa shape index (κ2) is 12.5. The maximum Gasteiger partial charge on any atom is -0.0274 e. The van der Waals surface area contributed by atoms with Crippen molar-refractivity contribution in [3.05, 3.63) is 17.9 Å². The Kier molecular flexibility index (Phi) is 12.1. The third-order valence-corrected chi connectivity index (χ3v) is 2.49. The highest BCUT2D eigenvalue weighted by Gasteiger charge is 1.89. The topological polar surface area (TPSA) is 0 Å². The second-order valence-electron chi connectivity index (χ2n) is 3.92. The Bertz CT molecular complexity index is 149. The Hall–Kier alpha value is -0.480. The van der Waals surface area contributed by atoms with E-state index in [1.54, 1.807) is 0 Å². The minimum Gasteiger partial charge on any atom is -0.130 e. The number of rotatable bonds is 9. The summed E-state index contributed by atoms with van der Waals surface area (Å²) in [5, 5.41) is 0. The predicted molar refractivity (Wildman–Crippen MR) is 65.6 cm³/mol. The van der Waals surface area contributed by atoms with Gasteiger partial charge in [-0.15, -0.1) is 5.73 Å². The third kappa shape index (κ3) is 11.5. The van der Waals surface area contributed by atoms with Crippen LogP contribution in [0.2, 0.25) is 0 Å². The summed E-state index contributed by atoms with van der Waals surface area (Å²) in [6.45, 7) is 4.29. The van der Waals surface area contributed by atoms with Crippen LogP contribution in [0.15, 0.2) is 17.9 Å². The summed E-state index contributed by atoms with van der Waals surface area (Å²) in [6, 6.07) is 0. The summed E-state index contributed by atoms with van der Waals surface area (Å²) in [7, 11) is 0. The van der Waals surface area contributed by atoms with Crippen molar-refractivity contribution in [2.75, 3.05) is 0 Å². The highest BCUT2D eigenvalue weighted by molar-refractivity contribution is 4.81. The van der Waals surface area contributed by atoms with Gasteiger partial charge < -0.3 is 0 Å². The summed E-state index contributed by atoms with van der Waals surface area (Å²) >= 11 is 0. The maximum absolute atomic E-state index is 3.12. The molecule has 0 aromatic heterocycles. The fraction of sp³-hybridized carbons (Fsp3) is 0.786. The van der Waals surface area contributed by atoms with Crippen molar-refractivity contribution in [3.63, 3.8) is 0 Å². The number of hydrogen-bond donors (Lipinski definition) is 0. The zero-order valence-electron chi connectivity index (χ0n) is 10.0. The van der Waals surface area contributed by atoms with Crippen molar-refractivity contribution in [3.8, 4) is 0 Å². The molecule has 0 saturated heterocycles. The largest absolute Gasteiger partial charge is 0.130 e. The lowest BCUT2D eigenvalue weighted by Gasteiger charge is -1.99.